The van der Waals surface area contributed by atoms with Gasteiger partial charge in [-0.2, -0.15) is 4.98 Å². The second-order valence-corrected chi connectivity index (χ2v) is 10.5. The number of nitrogens with one attached hydrogen (secondary N) is 3. The van der Waals surface area contributed by atoms with Gasteiger partial charge in [-0.3, -0.25) is 14.4 Å². The molecule has 12 heteroatoms. The van der Waals surface area contributed by atoms with Crippen molar-refractivity contribution in [2.24, 2.45) is 5.73 Å². The minimum Gasteiger partial charge on any atom is -0.348 e. The van der Waals surface area contributed by atoms with E-state index in [-0.39, 0.29) is 17.9 Å². The maximum Gasteiger partial charge on any atom is 0.262 e. The van der Waals surface area contributed by atoms with Gasteiger partial charge in [0.2, 0.25) is 5.95 Å². The Labute approximate surface area is 242 Å². The maximum absolute atomic E-state index is 13.6. The summed E-state index contributed by atoms with van der Waals surface area (Å²) in [4.78, 5) is 55.0. The largest absolute Gasteiger partial charge is 0.348 e. The number of rotatable bonds is 8. The third-order valence-electron chi connectivity index (χ3n) is 7.35. The van der Waals surface area contributed by atoms with Gasteiger partial charge in [0, 0.05) is 61.6 Å². The molecule has 3 heterocycles. The highest BCUT2D eigenvalue weighted by Crippen LogP contribution is 2.20. The number of benzene rings is 2. The predicted octanol–water partition coefficient (Wildman–Crippen LogP) is 2.07. The van der Waals surface area contributed by atoms with E-state index in [0.717, 1.165) is 26.2 Å². The lowest BCUT2D eigenvalue weighted by molar-refractivity contribution is 0.0936. The SMILES string of the molecule is Cc1ccc(C(=O)NC(CN)Cc2cccc(F)c2)cc1NC(=O)c1cc2cnc(N3CCN(C)CC3)nc2[nH]c1=O. The molecule has 2 aromatic carbocycles. The van der Waals surface area contributed by atoms with Gasteiger partial charge in [-0.15, -0.1) is 0 Å². The molecule has 0 bridgehead atoms. The molecular weight excluding hydrogens is 539 g/mol. The Kier molecular flexibility index (Phi) is 8.55. The first-order chi connectivity index (χ1) is 20.2. The lowest BCUT2D eigenvalue weighted by Crippen LogP contribution is -2.45. The summed E-state index contributed by atoms with van der Waals surface area (Å²) in [5, 5.41) is 6.14. The highest BCUT2D eigenvalue weighted by Gasteiger charge is 2.20. The van der Waals surface area contributed by atoms with Crippen molar-refractivity contribution < 1.29 is 14.0 Å². The van der Waals surface area contributed by atoms with Crippen molar-refractivity contribution in [2.45, 2.75) is 19.4 Å². The van der Waals surface area contributed by atoms with Crippen molar-refractivity contribution in [1.29, 1.82) is 0 Å². The molecule has 1 atom stereocenters. The smallest absolute Gasteiger partial charge is 0.262 e. The van der Waals surface area contributed by atoms with E-state index in [1.807, 2.05) is 0 Å². The summed E-state index contributed by atoms with van der Waals surface area (Å²) < 4.78 is 13.6. The van der Waals surface area contributed by atoms with E-state index in [4.69, 9.17) is 5.73 Å². The second-order valence-electron chi connectivity index (χ2n) is 10.5. The number of H-pyrrole nitrogens is 1. The number of likely N-dealkylation sites (N-methyl/N-ethyl adjacent to an activating group) is 1. The van der Waals surface area contributed by atoms with Crippen LogP contribution in [0, 0.1) is 12.7 Å². The second kappa shape index (κ2) is 12.5. The third-order valence-corrected chi connectivity index (χ3v) is 7.35. The monoisotopic (exact) mass is 572 g/mol. The molecule has 1 saturated heterocycles. The van der Waals surface area contributed by atoms with Gasteiger partial charge in [0.15, 0.2) is 0 Å². The van der Waals surface area contributed by atoms with Crippen LogP contribution < -0.4 is 26.8 Å². The van der Waals surface area contributed by atoms with Crippen LogP contribution in [0.5, 0.6) is 0 Å². The minimum atomic E-state index is -0.632. The third kappa shape index (κ3) is 6.61. The average Bonchev–Trinajstić information content (AvgIpc) is 2.97. The van der Waals surface area contributed by atoms with Gasteiger partial charge in [-0.1, -0.05) is 18.2 Å². The molecule has 1 aliphatic heterocycles. The number of amides is 2. The summed E-state index contributed by atoms with van der Waals surface area (Å²) in [6, 6.07) is 12.0. The van der Waals surface area contributed by atoms with Crippen LogP contribution in [0.25, 0.3) is 11.0 Å². The van der Waals surface area contributed by atoms with Crippen LogP contribution in [-0.2, 0) is 6.42 Å². The molecule has 1 aliphatic rings. The summed E-state index contributed by atoms with van der Waals surface area (Å²) in [5.74, 6) is -0.856. The van der Waals surface area contributed by atoms with Crippen LogP contribution in [0.4, 0.5) is 16.0 Å². The molecule has 218 valence electrons. The number of nitrogens with zero attached hydrogens (tertiary/aromatic N) is 4. The predicted molar refractivity (Wildman–Crippen MR) is 159 cm³/mol. The number of fused-ring (bicyclic) bond motifs is 1. The number of aromatic nitrogens is 3. The Morgan fingerprint density at radius 1 is 1.10 bits per heavy atom. The zero-order chi connectivity index (χ0) is 29.8. The number of carbonyl (C=O) groups is 2. The van der Waals surface area contributed by atoms with Crippen molar-refractivity contribution in [2.75, 3.05) is 50.0 Å². The number of hydrogen-bond donors (Lipinski definition) is 4. The first kappa shape index (κ1) is 28.8. The van der Waals surface area contributed by atoms with Gasteiger partial charge >= 0.3 is 0 Å². The number of nitrogens with two attached hydrogens (primary N) is 1. The van der Waals surface area contributed by atoms with Gasteiger partial charge in [0.1, 0.15) is 17.0 Å². The van der Waals surface area contributed by atoms with E-state index < -0.39 is 23.4 Å². The molecule has 2 amide bonds. The first-order valence-electron chi connectivity index (χ1n) is 13.7. The molecule has 0 radical (unpaired) electrons. The fourth-order valence-corrected chi connectivity index (χ4v) is 4.81. The normalized spacial score (nSPS) is 14.5. The lowest BCUT2D eigenvalue weighted by atomic mass is 10.0. The lowest BCUT2D eigenvalue weighted by Gasteiger charge is -2.32. The molecular formula is C30H33FN8O3. The molecule has 1 unspecified atom stereocenters. The Hall–Kier alpha value is -4.68. The summed E-state index contributed by atoms with van der Waals surface area (Å²) in [5.41, 5.74) is 7.61. The number of piperazine rings is 1. The van der Waals surface area contributed by atoms with Gasteiger partial charge in [-0.05, 0) is 61.9 Å². The van der Waals surface area contributed by atoms with Gasteiger partial charge in [0.25, 0.3) is 17.4 Å². The quantitative estimate of drug-likeness (QED) is 0.251. The number of halogens is 1. The van der Waals surface area contributed by atoms with E-state index in [1.165, 1.54) is 18.2 Å². The van der Waals surface area contributed by atoms with Gasteiger partial charge < -0.3 is 31.2 Å². The van der Waals surface area contributed by atoms with Crippen LogP contribution in [0.3, 0.4) is 0 Å². The Balaban J connectivity index is 1.30. The Morgan fingerprint density at radius 3 is 2.62 bits per heavy atom. The van der Waals surface area contributed by atoms with E-state index >= 15 is 0 Å². The maximum atomic E-state index is 13.6. The van der Waals surface area contributed by atoms with Crippen molar-refractivity contribution in [3.63, 3.8) is 0 Å². The average molecular weight is 573 g/mol. The van der Waals surface area contributed by atoms with E-state index in [2.05, 4.69) is 42.4 Å². The van der Waals surface area contributed by atoms with Crippen LogP contribution in [0.2, 0.25) is 0 Å². The van der Waals surface area contributed by atoms with Crippen LogP contribution in [-0.4, -0.2) is 77.5 Å². The zero-order valence-electron chi connectivity index (χ0n) is 23.5. The molecule has 5 N–H and O–H groups in total. The number of aryl methyl sites for hydroxylation is 1. The highest BCUT2D eigenvalue weighted by molar-refractivity contribution is 6.06. The van der Waals surface area contributed by atoms with Crippen LogP contribution in [0.15, 0.2) is 59.5 Å². The standard InChI is InChI=1S/C30H33FN8O3/c1-18-6-7-20(27(40)34-23(16-32)13-19-4-3-5-22(31)12-19)15-25(18)35-28(41)24-14-21-17-33-30(37-26(21)36-29(24)42)39-10-8-38(2)9-11-39/h3-7,12,14-15,17,23H,8-11,13,16,32H2,1-2H3,(H,34,40)(H,35,41)(H,33,36,37,42). The van der Waals surface area contributed by atoms with E-state index in [1.54, 1.807) is 43.5 Å². The number of hydrogen-bond acceptors (Lipinski definition) is 8. The van der Waals surface area contributed by atoms with Crippen molar-refractivity contribution in [1.82, 2.24) is 25.2 Å². The molecule has 1 fully saturated rings. The Morgan fingerprint density at radius 2 is 1.88 bits per heavy atom. The van der Waals surface area contributed by atoms with Crippen molar-refractivity contribution >= 4 is 34.5 Å². The molecule has 0 aliphatic carbocycles. The first-order valence-corrected chi connectivity index (χ1v) is 13.7. The topological polar surface area (TPSA) is 149 Å². The molecule has 0 saturated carbocycles. The summed E-state index contributed by atoms with van der Waals surface area (Å²) in [6.07, 6.45) is 1.96. The van der Waals surface area contributed by atoms with Crippen LogP contribution in [0.1, 0.15) is 31.8 Å². The summed E-state index contributed by atoms with van der Waals surface area (Å²) in [6.45, 7) is 5.28. The van der Waals surface area contributed by atoms with Crippen molar-refractivity contribution in [3.05, 3.63) is 93.2 Å². The zero-order valence-corrected chi connectivity index (χ0v) is 23.5. The van der Waals surface area contributed by atoms with Gasteiger partial charge in [-0.25, -0.2) is 9.37 Å². The number of aromatic amines is 1. The highest BCUT2D eigenvalue weighted by atomic mass is 19.1. The molecule has 4 aromatic rings. The summed E-state index contributed by atoms with van der Waals surface area (Å²) in [7, 11) is 2.06. The Bertz CT molecular complexity index is 1680. The summed E-state index contributed by atoms with van der Waals surface area (Å²) >= 11 is 0. The fraction of sp³-hybridized carbons (Fsp3) is 0.300. The molecule has 2 aromatic heterocycles. The molecule has 5 rings (SSSR count). The van der Waals surface area contributed by atoms with E-state index in [0.29, 0.717) is 45.8 Å². The molecule has 0 spiro atoms. The fourth-order valence-electron chi connectivity index (χ4n) is 4.81. The minimum absolute atomic E-state index is 0.106. The number of pyridine rings is 1. The molecule has 11 nitrogen and oxygen atoms in total. The van der Waals surface area contributed by atoms with E-state index in [9.17, 15) is 18.8 Å². The number of anilines is 2. The number of carbonyl (C=O) groups excluding carboxylic acids is 2. The van der Waals surface area contributed by atoms with Gasteiger partial charge in [0.05, 0.1) is 0 Å². The molecule has 42 heavy (non-hydrogen) atoms. The van der Waals surface area contributed by atoms with Crippen molar-refractivity contribution in [3.8, 4) is 0 Å². The van der Waals surface area contributed by atoms with Crippen LogP contribution >= 0.6 is 0 Å².